The van der Waals surface area contributed by atoms with Crippen LogP contribution >= 0.6 is 0 Å². The number of para-hydroxylation sites is 1. The molecule has 8 nitrogen and oxygen atoms in total. The minimum atomic E-state index is -4.01. The number of anilines is 2. The molecule has 1 aliphatic rings. The third-order valence-corrected chi connectivity index (χ3v) is 7.24. The predicted octanol–water partition coefficient (Wildman–Crippen LogP) is 4.64. The van der Waals surface area contributed by atoms with Gasteiger partial charge in [-0.15, -0.1) is 0 Å². The summed E-state index contributed by atoms with van der Waals surface area (Å²) in [6.45, 7) is 4.01. The molecule has 1 aliphatic heterocycles. The number of carbonyl (C=O) groups excluding carboxylic acids is 1. The van der Waals surface area contributed by atoms with Crippen LogP contribution in [0.15, 0.2) is 65.6 Å². The van der Waals surface area contributed by atoms with E-state index in [1.807, 2.05) is 19.1 Å². The number of ether oxygens (including phenoxy) is 3. The van der Waals surface area contributed by atoms with Crippen LogP contribution in [0.4, 0.5) is 11.4 Å². The van der Waals surface area contributed by atoms with E-state index < -0.39 is 15.9 Å². The Morgan fingerprint density at radius 3 is 2.32 bits per heavy atom. The minimum Gasteiger partial charge on any atom is -0.497 e. The zero-order valence-electron chi connectivity index (χ0n) is 19.3. The summed E-state index contributed by atoms with van der Waals surface area (Å²) in [5.41, 5.74) is 2.03. The van der Waals surface area contributed by atoms with Crippen molar-refractivity contribution in [3.8, 4) is 17.2 Å². The fourth-order valence-electron chi connectivity index (χ4n) is 3.80. The summed E-state index contributed by atoms with van der Waals surface area (Å²) >= 11 is 0. The maximum Gasteiger partial charge on any atom is 0.265 e. The molecule has 2 N–H and O–H groups in total. The molecule has 0 unspecified atom stereocenters. The van der Waals surface area contributed by atoms with E-state index in [0.29, 0.717) is 28.4 Å². The van der Waals surface area contributed by atoms with Crippen LogP contribution in [0.2, 0.25) is 0 Å². The molecule has 1 heterocycles. The van der Waals surface area contributed by atoms with Crippen molar-refractivity contribution in [3.05, 3.63) is 71.8 Å². The second-order valence-electron chi connectivity index (χ2n) is 7.99. The lowest BCUT2D eigenvalue weighted by molar-refractivity contribution is 0.102. The first kappa shape index (κ1) is 23.4. The molecular formula is C25H26N2O6S. The van der Waals surface area contributed by atoms with E-state index in [4.69, 9.17) is 14.2 Å². The van der Waals surface area contributed by atoms with Crippen molar-refractivity contribution in [1.82, 2.24) is 0 Å². The van der Waals surface area contributed by atoms with Crippen LogP contribution in [-0.2, 0) is 10.0 Å². The number of methoxy groups -OCH3 is 2. The van der Waals surface area contributed by atoms with Gasteiger partial charge in [0.25, 0.3) is 15.9 Å². The second kappa shape index (κ2) is 9.26. The van der Waals surface area contributed by atoms with Crippen LogP contribution < -0.4 is 24.2 Å². The molecule has 0 radical (unpaired) electrons. The molecule has 34 heavy (non-hydrogen) atoms. The first-order valence-electron chi connectivity index (χ1n) is 10.7. The number of benzene rings is 3. The Bertz CT molecular complexity index is 1320. The van der Waals surface area contributed by atoms with Crippen LogP contribution in [-0.4, -0.2) is 34.6 Å². The summed E-state index contributed by atoms with van der Waals surface area (Å²) in [6.07, 6.45) is -0.0364. The van der Waals surface area contributed by atoms with Gasteiger partial charge >= 0.3 is 0 Å². The molecule has 0 saturated carbocycles. The molecule has 0 aromatic heterocycles. The van der Waals surface area contributed by atoms with Crippen LogP contribution in [0.3, 0.4) is 0 Å². The Balaban J connectivity index is 1.61. The molecule has 2 atom stereocenters. The van der Waals surface area contributed by atoms with Gasteiger partial charge < -0.3 is 19.5 Å². The molecule has 1 amide bonds. The lowest BCUT2D eigenvalue weighted by Crippen LogP contribution is -2.17. The van der Waals surface area contributed by atoms with Crippen molar-refractivity contribution in [2.75, 3.05) is 24.3 Å². The van der Waals surface area contributed by atoms with Crippen LogP contribution in [0, 0.1) is 0 Å². The number of rotatable bonds is 7. The van der Waals surface area contributed by atoms with Gasteiger partial charge in [-0.2, -0.15) is 0 Å². The number of sulfonamides is 1. The number of hydrogen-bond donors (Lipinski definition) is 2. The smallest absolute Gasteiger partial charge is 0.265 e. The molecule has 9 heteroatoms. The molecule has 3 aromatic carbocycles. The summed E-state index contributed by atoms with van der Waals surface area (Å²) in [5.74, 6) is 1.08. The Morgan fingerprint density at radius 2 is 1.65 bits per heavy atom. The highest BCUT2D eigenvalue weighted by molar-refractivity contribution is 7.92. The van der Waals surface area contributed by atoms with Gasteiger partial charge in [0.05, 0.1) is 19.8 Å². The molecule has 4 rings (SSSR count). The van der Waals surface area contributed by atoms with Gasteiger partial charge in [-0.05, 0) is 55.5 Å². The third kappa shape index (κ3) is 4.51. The highest BCUT2D eigenvalue weighted by Gasteiger charge is 2.31. The molecular weight excluding hydrogens is 456 g/mol. The van der Waals surface area contributed by atoms with E-state index in [0.717, 1.165) is 5.56 Å². The zero-order valence-corrected chi connectivity index (χ0v) is 20.1. The first-order chi connectivity index (χ1) is 16.2. The fraction of sp³-hybridized carbons (Fsp3) is 0.240. The van der Waals surface area contributed by atoms with E-state index in [9.17, 15) is 13.2 Å². The summed E-state index contributed by atoms with van der Waals surface area (Å²) in [4.78, 5) is 12.9. The highest BCUT2D eigenvalue weighted by atomic mass is 32.2. The molecule has 3 aromatic rings. The second-order valence-corrected chi connectivity index (χ2v) is 9.64. The van der Waals surface area contributed by atoms with E-state index in [-0.39, 0.29) is 22.7 Å². The van der Waals surface area contributed by atoms with Gasteiger partial charge in [-0.1, -0.05) is 19.1 Å². The SMILES string of the molecule is COc1ccc(NS(=O)(=O)c2cc(NC(=O)c3cccc4c3O[C@@H](C)[C@@H]4C)ccc2OC)cc1. The lowest BCUT2D eigenvalue weighted by atomic mass is 9.97. The largest absolute Gasteiger partial charge is 0.497 e. The Morgan fingerprint density at radius 1 is 0.941 bits per heavy atom. The molecule has 0 aliphatic carbocycles. The normalized spacial score (nSPS) is 16.8. The standard InChI is InChI=1S/C25H26N2O6S/c1-15-16(2)33-24-20(15)6-5-7-21(24)25(28)26-18-10-13-22(32-4)23(14-18)34(29,30)27-17-8-11-19(31-3)12-9-17/h5-16,27H,1-4H3,(H,26,28)/t15-,16-/m0/s1. The number of amides is 1. The van der Waals surface area contributed by atoms with E-state index in [1.54, 1.807) is 36.4 Å². The predicted molar refractivity (Wildman–Crippen MR) is 130 cm³/mol. The van der Waals surface area contributed by atoms with Crippen molar-refractivity contribution in [2.24, 2.45) is 0 Å². The van der Waals surface area contributed by atoms with Gasteiger partial charge in [0, 0.05) is 22.9 Å². The Labute approximate surface area is 198 Å². The summed E-state index contributed by atoms with van der Waals surface area (Å²) < 4.78 is 45.0. The van der Waals surface area contributed by atoms with Gasteiger partial charge in [0.15, 0.2) is 0 Å². The van der Waals surface area contributed by atoms with Gasteiger partial charge in [-0.3, -0.25) is 9.52 Å². The van der Waals surface area contributed by atoms with Gasteiger partial charge in [0.2, 0.25) is 0 Å². The third-order valence-electron chi connectivity index (χ3n) is 5.84. The van der Waals surface area contributed by atoms with Crippen molar-refractivity contribution in [3.63, 3.8) is 0 Å². The maximum atomic E-state index is 13.1. The highest BCUT2D eigenvalue weighted by Crippen LogP contribution is 2.40. The molecule has 0 spiro atoms. The lowest BCUT2D eigenvalue weighted by Gasteiger charge is -2.14. The van der Waals surface area contributed by atoms with Crippen molar-refractivity contribution in [1.29, 1.82) is 0 Å². The van der Waals surface area contributed by atoms with Crippen LogP contribution in [0.1, 0.15) is 35.7 Å². The molecule has 178 valence electrons. The summed E-state index contributed by atoms with van der Waals surface area (Å²) in [7, 11) is -1.10. The fourth-order valence-corrected chi connectivity index (χ4v) is 5.05. The van der Waals surface area contributed by atoms with Crippen LogP contribution in [0.25, 0.3) is 0 Å². The van der Waals surface area contributed by atoms with E-state index in [1.165, 1.54) is 26.4 Å². The molecule has 0 bridgehead atoms. The molecule has 0 fully saturated rings. The van der Waals surface area contributed by atoms with Gasteiger partial charge in [0.1, 0.15) is 28.2 Å². The topological polar surface area (TPSA) is 103 Å². The molecule has 0 saturated heterocycles. The number of fused-ring (bicyclic) bond motifs is 1. The Kier molecular flexibility index (Phi) is 6.39. The average molecular weight is 483 g/mol. The Hall–Kier alpha value is -3.72. The maximum absolute atomic E-state index is 13.1. The number of hydrogen-bond acceptors (Lipinski definition) is 6. The van der Waals surface area contributed by atoms with Crippen LogP contribution in [0.5, 0.6) is 17.2 Å². The number of carbonyl (C=O) groups is 1. The van der Waals surface area contributed by atoms with Crippen molar-refractivity contribution >= 4 is 27.3 Å². The van der Waals surface area contributed by atoms with Crippen molar-refractivity contribution in [2.45, 2.75) is 30.8 Å². The van der Waals surface area contributed by atoms with Gasteiger partial charge in [-0.25, -0.2) is 8.42 Å². The van der Waals surface area contributed by atoms with E-state index >= 15 is 0 Å². The van der Waals surface area contributed by atoms with E-state index in [2.05, 4.69) is 17.0 Å². The summed E-state index contributed by atoms with van der Waals surface area (Å²) in [5, 5.41) is 2.78. The summed E-state index contributed by atoms with van der Waals surface area (Å²) in [6, 6.07) is 16.4. The monoisotopic (exact) mass is 482 g/mol. The zero-order chi connectivity index (χ0) is 24.5. The number of nitrogens with one attached hydrogen (secondary N) is 2. The first-order valence-corrected chi connectivity index (χ1v) is 12.2. The van der Waals surface area contributed by atoms with Crippen molar-refractivity contribution < 1.29 is 27.4 Å². The average Bonchev–Trinajstić information content (AvgIpc) is 3.12. The minimum absolute atomic E-state index is 0.0364. The quantitative estimate of drug-likeness (QED) is 0.509.